The van der Waals surface area contributed by atoms with E-state index in [1.165, 1.54) is 11.9 Å². The van der Waals surface area contributed by atoms with Crippen LogP contribution in [0.4, 0.5) is 11.5 Å². The minimum absolute atomic E-state index is 0.141. The van der Waals surface area contributed by atoms with Gasteiger partial charge in [0.15, 0.2) is 0 Å². The van der Waals surface area contributed by atoms with Gasteiger partial charge in [0.05, 0.1) is 0 Å². The molecule has 3 rings (SSSR count). The van der Waals surface area contributed by atoms with Crippen molar-refractivity contribution < 1.29 is 9.59 Å². The van der Waals surface area contributed by atoms with Gasteiger partial charge in [0, 0.05) is 37.9 Å². The molecule has 2 amide bonds. The van der Waals surface area contributed by atoms with Gasteiger partial charge in [-0.25, -0.2) is 9.97 Å². The van der Waals surface area contributed by atoms with Gasteiger partial charge < -0.3 is 15.1 Å². The minimum Gasteiger partial charge on any atom is -0.342 e. The van der Waals surface area contributed by atoms with Crippen LogP contribution in [0.25, 0.3) is 0 Å². The van der Waals surface area contributed by atoms with Crippen LogP contribution in [0.3, 0.4) is 0 Å². The third kappa shape index (κ3) is 3.99. The predicted molar refractivity (Wildman–Crippen MR) is 99.4 cm³/mol. The molecule has 1 aliphatic rings. The largest absolute Gasteiger partial charge is 0.342 e. The van der Waals surface area contributed by atoms with Crippen molar-refractivity contribution in [3.05, 3.63) is 47.9 Å². The highest BCUT2D eigenvalue weighted by Gasteiger charge is 2.22. The Kier molecular flexibility index (Phi) is 5.46. The zero-order valence-electron chi connectivity index (χ0n) is 15.1. The number of piperazine rings is 1. The van der Waals surface area contributed by atoms with Gasteiger partial charge in [-0.1, -0.05) is 32.0 Å². The summed E-state index contributed by atoms with van der Waals surface area (Å²) in [7, 11) is 0. The number of rotatable bonds is 5. The number of hydrogen-bond acceptors (Lipinski definition) is 5. The first-order chi connectivity index (χ1) is 12.6. The van der Waals surface area contributed by atoms with E-state index in [-0.39, 0.29) is 5.91 Å². The number of anilines is 2. The smallest absolute Gasteiger partial charge is 0.272 e. The Balaban J connectivity index is 1.75. The van der Waals surface area contributed by atoms with Crippen LogP contribution in [-0.2, 0) is 4.79 Å². The fraction of sp³-hybridized carbons (Fsp3) is 0.368. The first kappa shape index (κ1) is 17.8. The van der Waals surface area contributed by atoms with Crippen molar-refractivity contribution in [2.75, 3.05) is 31.5 Å². The molecule has 7 nitrogen and oxygen atoms in total. The first-order valence-corrected chi connectivity index (χ1v) is 8.75. The second kappa shape index (κ2) is 7.95. The van der Waals surface area contributed by atoms with Crippen LogP contribution >= 0.6 is 0 Å². The molecule has 1 fully saturated rings. The summed E-state index contributed by atoms with van der Waals surface area (Å²) in [4.78, 5) is 35.2. The van der Waals surface area contributed by atoms with Gasteiger partial charge in [0.2, 0.25) is 6.41 Å². The van der Waals surface area contributed by atoms with Crippen LogP contribution in [0, 0.1) is 0 Å². The molecule has 0 radical (unpaired) electrons. The lowest BCUT2D eigenvalue weighted by Crippen LogP contribution is -2.48. The van der Waals surface area contributed by atoms with Crippen LogP contribution in [-0.4, -0.2) is 58.3 Å². The summed E-state index contributed by atoms with van der Waals surface area (Å²) in [6.07, 6.45) is 2.22. The molecular weight excluding hydrogens is 330 g/mol. The Bertz CT molecular complexity index is 785. The molecule has 1 aromatic heterocycles. The number of hydrogen-bond donors (Lipinski definition) is 1. The van der Waals surface area contributed by atoms with Crippen molar-refractivity contribution in [2.45, 2.75) is 19.8 Å². The normalized spacial score (nSPS) is 14.4. The van der Waals surface area contributed by atoms with Crippen LogP contribution in [0.15, 0.2) is 36.7 Å². The van der Waals surface area contributed by atoms with Gasteiger partial charge in [-0.2, -0.15) is 0 Å². The third-order valence-corrected chi connectivity index (χ3v) is 4.48. The van der Waals surface area contributed by atoms with Gasteiger partial charge in [0.1, 0.15) is 17.8 Å². The minimum atomic E-state index is -0.141. The molecule has 7 heteroatoms. The van der Waals surface area contributed by atoms with Crippen LogP contribution in [0.2, 0.25) is 0 Å². The number of nitrogens with zero attached hydrogens (tertiary/aromatic N) is 4. The summed E-state index contributed by atoms with van der Waals surface area (Å²) in [5.74, 6) is 0.817. The second-order valence-electron chi connectivity index (χ2n) is 6.59. The lowest BCUT2D eigenvalue weighted by molar-refractivity contribution is -0.119. The van der Waals surface area contributed by atoms with E-state index in [4.69, 9.17) is 0 Å². The van der Waals surface area contributed by atoms with Crippen molar-refractivity contribution in [3.8, 4) is 0 Å². The zero-order chi connectivity index (χ0) is 18.5. The van der Waals surface area contributed by atoms with E-state index in [2.05, 4.69) is 35.2 Å². The highest BCUT2D eigenvalue weighted by molar-refractivity contribution is 5.93. The molecule has 0 aliphatic carbocycles. The Morgan fingerprint density at radius 2 is 1.88 bits per heavy atom. The first-order valence-electron chi connectivity index (χ1n) is 8.75. The van der Waals surface area contributed by atoms with E-state index in [9.17, 15) is 9.59 Å². The Hall–Kier alpha value is -2.96. The highest BCUT2D eigenvalue weighted by atomic mass is 16.2. The van der Waals surface area contributed by atoms with Gasteiger partial charge in [-0.05, 0) is 17.5 Å². The fourth-order valence-electron chi connectivity index (χ4n) is 2.99. The summed E-state index contributed by atoms with van der Waals surface area (Å²) in [6, 6.07) is 9.72. The van der Waals surface area contributed by atoms with Crippen molar-refractivity contribution in [2.24, 2.45) is 0 Å². The standard InChI is InChI=1S/C19H23N5O2/c1-14(2)15-5-3-4-6-16(15)22-18-11-17(20-12-21-18)19(26)24-9-7-23(13-25)8-10-24/h3-6,11-14H,7-10H2,1-2H3,(H,20,21,22). The van der Waals surface area contributed by atoms with Gasteiger partial charge in [-0.3, -0.25) is 9.59 Å². The number of para-hydroxylation sites is 1. The summed E-state index contributed by atoms with van der Waals surface area (Å²) in [6.45, 7) is 6.39. The molecule has 0 unspecified atom stereocenters. The quantitative estimate of drug-likeness (QED) is 0.834. The van der Waals surface area contributed by atoms with Crippen LogP contribution in [0.5, 0.6) is 0 Å². The topological polar surface area (TPSA) is 78.4 Å². The number of aromatic nitrogens is 2. The van der Waals surface area contributed by atoms with E-state index in [0.29, 0.717) is 43.6 Å². The molecule has 1 saturated heterocycles. The monoisotopic (exact) mass is 353 g/mol. The molecule has 2 aromatic rings. The molecule has 0 atom stereocenters. The molecule has 0 saturated carbocycles. The average Bonchev–Trinajstić information content (AvgIpc) is 2.68. The number of carbonyl (C=O) groups excluding carboxylic acids is 2. The van der Waals surface area contributed by atoms with E-state index < -0.39 is 0 Å². The van der Waals surface area contributed by atoms with Crippen molar-refractivity contribution in [1.82, 2.24) is 19.8 Å². The fourth-order valence-corrected chi connectivity index (χ4v) is 2.99. The van der Waals surface area contributed by atoms with Crippen LogP contribution < -0.4 is 5.32 Å². The van der Waals surface area contributed by atoms with E-state index in [1.807, 2.05) is 18.2 Å². The summed E-state index contributed by atoms with van der Waals surface area (Å²) in [5, 5.41) is 3.29. The van der Waals surface area contributed by atoms with E-state index >= 15 is 0 Å². The SMILES string of the molecule is CC(C)c1ccccc1Nc1cc(C(=O)N2CCN(C=O)CC2)ncn1. The van der Waals surface area contributed by atoms with Crippen LogP contribution in [0.1, 0.15) is 35.8 Å². The average molecular weight is 353 g/mol. The lowest BCUT2D eigenvalue weighted by atomic mass is 10.0. The Labute approximate surface area is 153 Å². The molecule has 0 spiro atoms. The molecule has 2 heterocycles. The van der Waals surface area contributed by atoms with Gasteiger partial charge in [-0.15, -0.1) is 0 Å². The van der Waals surface area contributed by atoms with Crippen molar-refractivity contribution >= 4 is 23.8 Å². The lowest BCUT2D eigenvalue weighted by Gasteiger charge is -2.32. The number of carbonyl (C=O) groups is 2. The maximum absolute atomic E-state index is 12.7. The molecular formula is C19H23N5O2. The van der Waals surface area contributed by atoms with Crippen molar-refractivity contribution in [3.63, 3.8) is 0 Å². The Morgan fingerprint density at radius 1 is 1.15 bits per heavy atom. The summed E-state index contributed by atoms with van der Waals surface area (Å²) >= 11 is 0. The molecule has 1 N–H and O–H groups in total. The molecule has 136 valence electrons. The maximum atomic E-state index is 12.7. The highest BCUT2D eigenvalue weighted by Crippen LogP contribution is 2.26. The number of amides is 2. The van der Waals surface area contributed by atoms with E-state index in [1.54, 1.807) is 15.9 Å². The molecule has 0 bridgehead atoms. The zero-order valence-corrected chi connectivity index (χ0v) is 15.1. The maximum Gasteiger partial charge on any atom is 0.272 e. The summed E-state index contributed by atoms with van der Waals surface area (Å²) < 4.78 is 0. The predicted octanol–water partition coefficient (Wildman–Crippen LogP) is 2.26. The second-order valence-corrected chi connectivity index (χ2v) is 6.59. The molecule has 1 aliphatic heterocycles. The van der Waals surface area contributed by atoms with Crippen molar-refractivity contribution in [1.29, 1.82) is 0 Å². The summed E-state index contributed by atoms with van der Waals surface area (Å²) in [5.41, 5.74) is 2.51. The Morgan fingerprint density at radius 3 is 2.58 bits per heavy atom. The van der Waals surface area contributed by atoms with Gasteiger partial charge in [0.25, 0.3) is 5.91 Å². The molecule has 26 heavy (non-hydrogen) atoms. The third-order valence-electron chi connectivity index (χ3n) is 4.48. The van der Waals surface area contributed by atoms with E-state index in [0.717, 1.165) is 12.1 Å². The van der Waals surface area contributed by atoms with Gasteiger partial charge >= 0.3 is 0 Å². The number of benzene rings is 1. The molecule has 1 aromatic carbocycles. The number of nitrogens with one attached hydrogen (secondary N) is 1.